The lowest BCUT2D eigenvalue weighted by molar-refractivity contribution is 0.645. The van der Waals surface area contributed by atoms with Crippen LogP contribution in [0.3, 0.4) is 0 Å². The summed E-state index contributed by atoms with van der Waals surface area (Å²) >= 11 is 0. The van der Waals surface area contributed by atoms with E-state index in [4.69, 9.17) is 5.73 Å². The Morgan fingerprint density at radius 1 is 1.30 bits per heavy atom. The van der Waals surface area contributed by atoms with Crippen LogP contribution in [0.25, 0.3) is 0 Å². The zero-order valence-corrected chi connectivity index (χ0v) is 7.61. The van der Waals surface area contributed by atoms with Crippen molar-refractivity contribution in [3.05, 3.63) is 0 Å². The molecule has 0 aliphatic rings. The third-order valence-corrected chi connectivity index (χ3v) is 0.984. The van der Waals surface area contributed by atoms with Crippen LogP contribution in [0.1, 0.15) is 35.0 Å². The molecule has 0 aliphatic heterocycles. The standard InChI is InChI=1S/C6H16N2.C2H6.H2/c1-2-5-8-6-3-4-7;1-2;/h8H,2-7H2,1H3;1-2H3;1H. The molecule has 0 saturated carbocycles. The number of hydrogen-bond donors (Lipinski definition) is 2. The van der Waals surface area contributed by atoms with Gasteiger partial charge in [0, 0.05) is 1.43 Å². The van der Waals surface area contributed by atoms with E-state index in [1.165, 1.54) is 6.42 Å². The first-order chi connectivity index (χ1) is 4.91. The Kier molecular flexibility index (Phi) is 20.1. The average Bonchev–Trinajstić information content (AvgIpc) is 2.02. The predicted molar refractivity (Wildman–Crippen MR) is 50.3 cm³/mol. The Labute approximate surface area is 66.7 Å². The van der Waals surface area contributed by atoms with Gasteiger partial charge in [-0.2, -0.15) is 0 Å². The van der Waals surface area contributed by atoms with Gasteiger partial charge in [-0.15, -0.1) is 0 Å². The van der Waals surface area contributed by atoms with Crippen LogP contribution in [0.15, 0.2) is 0 Å². The highest BCUT2D eigenvalue weighted by Gasteiger charge is 1.80. The second kappa shape index (κ2) is 16.0. The summed E-state index contributed by atoms with van der Waals surface area (Å²) < 4.78 is 0. The summed E-state index contributed by atoms with van der Waals surface area (Å²) in [4.78, 5) is 0. The Balaban J connectivity index is -0.000000196. The van der Waals surface area contributed by atoms with Gasteiger partial charge in [-0.3, -0.25) is 0 Å². The summed E-state index contributed by atoms with van der Waals surface area (Å²) in [6.45, 7) is 9.16. The molecule has 0 atom stereocenters. The van der Waals surface area contributed by atoms with Gasteiger partial charge in [-0.25, -0.2) is 0 Å². The number of nitrogens with one attached hydrogen (secondary N) is 1. The summed E-state index contributed by atoms with van der Waals surface area (Å²) in [6.07, 6.45) is 2.31. The first-order valence-corrected chi connectivity index (χ1v) is 4.32. The van der Waals surface area contributed by atoms with Crippen molar-refractivity contribution in [3.8, 4) is 0 Å². The Morgan fingerprint density at radius 2 is 1.90 bits per heavy atom. The fourth-order valence-electron chi connectivity index (χ4n) is 0.529. The van der Waals surface area contributed by atoms with Crippen LogP contribution in [0.4, 0.5) is 0 Å². The molecule has 2 heteroatoms. The van der Waals surface area contributed by atoms with Gasteiger partial charge in [0.2, 0.25) is 0 Å². The predicted octanol–water partition coefficient (Wildman–Crippen LogP) is 1.61. The van der Waals surface area contributed by atoms with E-state index in [1.54, 1.807) is 0 Å². The first-order valence-electron chi connectivity index (χ1n) is 4.32. The van der Waals surface area contributed by atoms with E-state index in [9.17, 15) is 0 Å². The highest BCUT2D eigenvalue weighted by Crippen LogP contribution is 1.71. The SMILES string of the molecule is CC.CCCNCCCN.[HH]. The van der Waals surface area contributed by atoms with Crippen molar-refractivity contribution in [1.82, 2.24) is 5.32 Å². The molecule has 10 heavy (non-hydrogen) atoms. The maximum absolute atomic E-state index is 5.27. The van der Waals surface area contributed by atoms with Crippen LogP contribution in [-0.4, -0.2) is 19.6 Å². The molecule has 0 unspecified atom stereocenters. The van der Waals surface area contributed by atoms with Crippen molar-refractivity contribution in [2.45, 2.75) is 33.6 Å². The minimum Gasteiger partial charge on any atom is -0.330 e. The molecule has 3 N–H and O–H groups in total. The molecule has 0 rings (SSSR count). The first kappa shape index (κ1) is 12.6. The van der Waals surface area contributed by atoms with E-state index in [2.05, 4.69) is 12.2 Å². The Hall–Kier alpha value is -0.0800. The number of hydrogen-bond acceptors (Lipinski definition) is 2. The van der Waals surface area contributed by atoms with E-state index in [0.717, 1.165) is 26.1 Å². The maximum atomic E-state index is 5.27. The highest BCUT2D eigenvalue weighted by molar-refractivity contribution is 4.45. The molecule has 0 fully saturated rings. The molecule has 0 radical (unpaired) electrons. The van der Waals surface area contributed by atoms with Crippen LogP contribution in [0, 0.1) is 0 Å². The minimum atomic E-state index is 0. The summed E-state index contributed by atoms with van der Waals surface area (Å²) in [5, 5.41) is 3.26. The van der Waals surface area contributed by atoms with Gasteiger partial charge >= 0.3 is 0 Å². The molecule has 0 aromatic carbocycles. The monoisotopic (exact) mass is 148 g/mol. The zero-order valence-electron chi connectivity index (χ0n) is 7.61. The maximum Gasteiger partial charge on any atom is 0 e. The van der Waals surface area contributed by atoms with Crippen LogP contribution in [0.2, 0.25) is 0 Å². The summed E-state index contributed by atoms with van der Waals surface area (Å²) in [6, 6.07) is 0. The van der Waals surface area contributed by atoms with Gasteiger partial charge in [-0.1, -0.05) is 20.8 Å². The van der Waals surface area contributed by atoms with Crippen molar-refractivity contribution in [2.24, 2.45) is 5.73 Å². The van der Waals surface area contributed by atoms with E-state index in [1.807, 2.05) is 13.8 Å². The van der Waals surface area contributed by atoms with Crippen molar-refractivity contribution < 1.29 is 1.43 Å². The normalized spacial score (nSPS) is 8.40. The largest absolute Gasteiger partial charge is 0.330 e. The molecule has 0 aromatic rings. The quantitative estimate of drug-likeness (QED) is 0.581. The van der Waals surface area contributed by atoms with E-state index < -0.39 is 0 Å². The zero-order chi connectivity index (χ0) is 8.24. The lowest BCUT2D eigenvalue weighted by atomic mass is 10.4. The molecule has 0 heterocycles. The molecule has 2 nitrogen and oxygen atoms in total. The van der Waals surface area contributed by atoms with Gasteiger partial charge in [0.1, 0.15) is 0 Å². The Bertz CT molecular complexity index is 37.1. The second-order valence-electron chi connectivity index (χ2n) is 1.89. The molecule has 0 bridgehead atoms. The van der Waals surface area contributed by atoms with Crippen LogP contribution in [0.5, 0.6) is 0 Å². The summed E-state index contributed by atoms with van der Waals surface area (Å²) in [7, 11) is 0. The second-order valence-corrected chi connectivity index (χ2v) is 1.89. The molecule has 0 aromatic heterocycles. The third kappa shape index (κ3) is 15.7. The van der Waals surface area contributed by atoms with E-state index in [0.29, 0.717) is 0 Å². The van der Waals surface area contributed by atoms with Gasteiger partial charge in [0.05, 0.1) is 0 Å². The van der Waals surface area contributed by atoms with Crippen molar-refractivity contribution >= 4 is 0 Å². The van der Waals surface area contributed by atoms with Gasteiger partial charge in [0.25, 0.3) is 0 Å². The van der Waals surface area contributed by atoms with Crippen LogP contribution >= 0.6 is 0 Å². The summed E-state index contributed by atoms with van der Waals surface area (Å²) in [5.74, 6) is 0. The highest BCUT2D eigenvalue weighted by atomic mass is 14.8. The smallest absolute Gasteiger partial charge is 0 e. The van der Waals surface area contributed by atoms with Crippen molar-refractivity contribution in [1.29, 1.82) is 0 Å². The van der Waals surface area contributed by atoms with Crippen LogP contribution in [-0.2, 0) is 0 Å². The molecular weight excluding hydrogens is 124 g/mol. The molecule has 0 aliphatic carbocycles. The lowest BCUT2D eigenvalue weighted by Gasteiger charge is -1.98. The van der Waals surface area contributed by atoms with Gasteiger partial charge in [0.15, 0.2) is 0 Å². The lowest BCUT2D eigenvalue weighted by Crippen LogP contribution is -2.18. The van der Waals surface area contributed by atoms with Crippen molar-refractivity contribution in [2.75, 3.05) is 19.6 Å². The van der Waals surface area contributed by atoms with Gasteiger partial charge < -0.3 is 11.1 Å². The number of rotatable bonds is 5. The fourth-order valence-corrected chi connectivity index (χ4v) is 0.529. The molecule has 0 amide bonds. The van der Waals surface area contributed by atoms with E-state index >= 15 is 0 Å². The third-order valence-electron chi connectivity index (χ3n) is 0.984. The van der Waals surface area contributed by atoms with Crippen LogP contribution < -0.4 is 11.1 Å². The molecule has 66 valence electrons. The Morgan fingerprint density at radius 3 is 2.30 bits per heavy atom. The van der Waals surface area contributed by atoms with Crippen molar-refractivity contribution in [3.63, 3.8) is 0 Å². The molecular formula is C8H24N2. The van der Waals surface area contributed by atoms with Gasteiger partial charge in [-0.05, 0) is 32.5 Å². The fraction of sp³-hybridized carbons (Fsp3) is 1.00. The van der Waals surface area contributed by atoms with E-state index in [-0.39, 0.29) is 1.43 Å². The molecule has 0 spiro atoms. The topological polar surface area (TPSA) is 38.0 Å². The number of nitrogens with two attached hydrogens (primary N) is 1. The minimum absolute atomic E-state index is 0. The summed E-state index contributed by atoms with van der Waals surface area (Å²) in [5.41, 5.74) is 5.27. The average molecular weight is 148 g/mol. The molecule has 0 saturated heterocycles.